The Balaban J connectivity index is 2.72. The van der Waals surface area contributed by atoms with Crippen LogP contribution in [0.25, 0.3) is 0 Å². The summed E-state index contributed by atoms with van der Waals surface area (Å²) in [5.74, 6) is -0.792. The highest BCUT2D eigenvalue weighted by atomic mass is 16.4. The zero-order chi connectivity index (χ0) is 13.0. The summed E-state index contributed by atoms with van der Waals surface area (Å²) in [6, 6.07) is -0.661. The molecule has 5 heteroatoms. The van der Waals surface area contributed by atoms with Crippen LogP contribution in [0, 0.1) is 11.8 Å². The van der Waals surface area contributed by atoms with Crippen LogP contribution >= 0.6 is 0 Å². The molecular weight excluding hydrogens is 220 g/mol. The molecule has 0 aromatic carbocycles. The molecular formula is C12H22N2O3. The van der Waals surface area contributed by atoms with Crippen LogP contribution in [0.3, 0.4) is 0 Å². The van der Waals surface area contributed by atoms with Gasteiger partial charge in [-0.3, -0.25) is 4.79 Å². The SMILES string of the molecule is CC1CCN(C(=O)C(C)CCN)C(C(=O)O)C1. The highest BCUT2D eigenvalue weighted by Gasteiger charge is 2.35. The summed E-state index contributed by atoms with van der Waals surface area (Å²) >= 11 is 0. The van der Waals surface area contributed by atoms with Crippen LogP contribution in [0.15, 0.2) is 0 Å². The second-order valence-electron chi connectivity index (χ2n) is 4.99. The molecule has 0 spiro atoms. The summed E-state index contributed by atoms with van der Waals surface area (Å²) in [6.45, 7) is 4.84. The number of nitrogens with two attached hydrogens (primary N) is 1. The van der Waals surface area contributed by atoms with E-state index in [1.807, 2.05) is 13.8 Å². The van der Waals surface area contributed by atoms with Crippen molar-refractivity contribution in [3.8, 4) is 0 Å². The summed E-state index contributed by atoms with van der Waals surface area (Å²) in [6.07, 6.45) is 2.04. The topological polar surface area (TPSA) is 83.6 Å². The van der Waals surface area contributed by atoms with Gasteiger partial charge in [0.2, 0.25) is 5.91 Å². The number of aliphatic carboxylic acids is 1. The third-order valence-electron chi connectivity index (χ3n) is 3.45. The van der Waals surface area contributed by atoms with E-state index in [0.717, 1.165) is 6.42 Å². The van der Waals surface area contributed by atoms with Gasteiger partial charge in [-0.2, -0.15) is 0 Å². The number of carbonyl (C=O) groups excluding carboxylic acids is 1. The van der Waals surface area contributed by atoms with Crippen LogP contribution in [0.5, 0.6) is 0 Å². The van der Waals surface area contributed by atoms with E-state index < -0.39 is 12.0 Å². The predicted octanol–water partition coefficient (Wildman–Crippen LogP) is 0.683. The first-order chi connectivity index (χ1) is 7.97. The lowest BCUT2D eigenvalue weighted by molar-refractivity contribution is -0.154. The second-order valence-corrected chi connectivity index (χ2v) is 4.99. The first-order valence-corrected chi connectivity index (χ1v) is 6.20. The van der Waals surface area contributed by atoms with Crippen molar-refractivity contribution >= 4 is 11.9 Å². The van der Waals surface area contributed by atoms with Crippen LogP contribution in [0.4, 0.5) is 0 Å². The number of likely N-dealkylation sites (tertiary alicyclic amines) is 1. The fourth-order valence-corrected chi connectivity index (χ4v) is 2.30. The Labute approximate surface area is 102 Å². The van der Waals surface area contributed by atoms with Crippen molar-refractivity contribution in [1.82, 2.24) is 4.90 Å². The van der Waals surface area contributed by atoms with Crippen molar-refractivity contribution in [3.63, 3.8) is 0 Å². The standard InChI is InChI=1S/C12H22N2O3/c1-8-4-6-14(10(7-8)12(16)17)11(15)9(2)3-5-13/h8-10H,3-7,13H2,1-2H3,(H,16,17). The van der Waals surface area contributed by atoms with Crippen LogP contribution in [0.1, 0.15) is 33.1 Å². The van der Waals surface area contributed by atoms with Gasteiger partial charge in [-0.25, -0.2) is 4.79 Å². The van der Waals surface area contributed by atoms with Crippen molar-refractivity contribution in [1.29, 1.82) is 0 Å². The summed E-state index contributed by atoms with van der Waals surface area (Å²) in [4.78, 5) is 24.8. The molecule has 0 saturated carbocycles. The maximum atomic E-state index is 12.1. The first kappa shape index (κ1) is 14.0. The minimum atomic E-state index is -0.898. The number of carboxylic acids is 1. The fourth-order valence-electron chi connectivity index (χ4n) is 2.30. The zero-order valence-corrected chi connectivity index (χ0v) is 10.6. The predicted molar refractivity (Wildman–Crippen MR) is 64.4 cm³/mol. The molecule has 0 aromatic rings. The Morgan fingerprint density at radius 3 is 2.71 bits per heavy atom. The lowest BCUT2D eigenvalue weighted by Crippen LogP contribution is -2.51. The number of piperidine rings is 1. The molecule has 1 saturated heterocycles. The average Bonchev–Trinajstić information content (AvgIpc) is 2.28. The van der Waals surface area contributed by atoms with E-state index >= 15 is 0 Å². The van der Waals surface area contributed by atoms with E-state index in [9.17, 15) is 9.59 Å². The third kappa shape index (κ3) is 3.43. The van der Waals surface area contributed by atoms with E-state index in [2.05, 4.69) is 0 Å². The Hall–Kier alpha value is -1.10. The van der Waals surface area contributed by atoms with E-state index in [1.54, 1.807) is 0 Å². The number of hydrogen-bond acceptors (Lipinski definition) is 3. The van der Waals surface area contributed by atoms with Gasteiger partial charge in [-0.15, -0.1) is 0 Å². The molecule has 5 nitrogen and oxygen atoms in total. The number of rotatable bonds is 4. The van der Waals surface area contributed by atoms with Crippen LogP contribution < -0.4 is 5.73 Å². The maximum absolute atomic E-state index is 12.1. The summed E-state index contributed by atoms with van der Waals surface area (Å²) < 4.78 is 0. The summed E-state index contributed by atoms with van der Waals surface area (Å²) in [5.41, 5.74) is 5.43. The molecule has 3 unspecified atom stereocenters. The summed E-state index contributed by atoms with van der Waals surface area (Å²) in [7, 11) is 0. The smallest absolute Gasteiger partial charge is 0.326 e. The molecule has 1 heterocycles. The normalized spacial score (nSPS) is 26.6. The molecule has 0 aliphatic carbocycles. The monoisotopic (exact) mass is 242 g/mol. The molecule has 0 aromatic heterocycles. The quantitative estimate of drug-likeness (QED) is 0.759. The lowest BCUT2D eigenvalue weighted by Gasteiger charge is -2.37. The number of carboxylic acid groups (broad SMARTS) is 1. The minimum Gasteiger partial charge on any atom is -0.480 e. The molecule has 3 N–H and O–H groups in total. The van der Waals surface area contributed by atoms with Crippen LogP contribution in [-0.4, -0.2) is 41.0 Å². The number of amides is 1. The zero-order valence-electron chi connectivity index (χ0n) is 10.6. The minimum absolute atomic E-state index is 0.0743. The van der Waals surface area contributed by atoms with Crippen molar-refractivity contribution in [2.24, 2.45) is 17.6 Å². The Morgan fingerprint density at radius 1 is 1.53 bits per heavy atom. The van der Waals surface area contributed by atoms with E-state index in [4.69, 9.17) is 10.8 Å². The lowest BCUT2D eigenvalue weighted by atomic mass is 9.91. The first-order valence-electron chi connectivity index (χ1n) is 6.20. The van der Waals surface area contributed by atoms with Gasteiger partial charge < -0.3 is 15.7 Å². The van der Waals surface area contributed by atoms with Crippen molar-refractivity contribution in [2.75, 3.05) is 13.1 Å². The van der Waals surface area contributed by atoms with Gasteiger partial charge in [0.25, 0.3) is 0 Å². The molecule has 3 atom stereocenters. The molecule has 1 aliphatic rings. The Kier molecular flexibility index (Phi) is 4.93. The van der Waals surface area contributed by atoms with E-state index in [-0.39, 0.29) is 11.8 Å². The van der Waals surface area contributed by atoms with Gasteiger partial charge in [0.1, 0.15) is 6.04 Å². The molecule has 1 fully saturated rings. The number of nitrogens with zero attached hydrogens (tertiary/aromatic N) is 1. The Bertz CT molecular complexity index is 293. The van der Waals surface area contributed by atoms with Crippen LogP contribution in [-0.2, 0) is 9.59 Å². The second kappa shape index (κ2) is 6.00. The average molecular weight is 242 g/mol. The van der Waals surface area contributed by atoms with Gasteiger partial charge in [0, 0.05) is 12.5 Å². The van der Waals surface area contributed by atoms with E-state index in [1.165, 1.54) is 4.90 Å². The van der Waals surface area contributed by atoms with Crippen molar-refractivity contribution in [3.05, 3.63) is 0 Å². The largest absolute Gasteiger partial charge is 0.480 e. The molecule has 98 valence electrons. The molecule has 0 radical (unpaired) electrons. The summed E-state index contributed by atoms with van der Waals surface area (Å²) in [5, 5.41) is 9.17. The highest BCUT2D eigenvalue weighted by molar-refractivity contribution is 5.85. The number of carbonyl (C=O) groups is 2. The molecule has 17 heavy (non-hydrogen) atoms. The van der Waals surface area contributed by atoms with Crippen LogP contribution in [0.2, 0.25) is 0 Å². The fraction of sp³-hybridized carbons (Fsp3) is 0.833. The maximum Gasteiger partial charge on any atom is 0.326 e. The van der Waals surface area contributed by atoms with E-state index in [0.29, 0.717) is 31.8 Å². The highest BCUT2D eigenvalue weighted by Crippen LogP contribution is 2.24. The van der Waals surface area contributed by atoms with Gasteiger partial charge in [-0.05, 0) is 31.7 Å². The molecule has 1 aliphatic heterocycles. The van der Waals surface area contributed by atoms with Gasteiger partial charge in [-0.1, -0.05) is 13.8 Å². The van der Waals surface area contributed by atoms with Gasteiger partial charge >= 0.3 is 5.97 Å². The van der Waals surface area contributed by atoms with Crippen molar-refractivity contribution in [2.45, 2.75) is 39.2 Å². The van der Waals surface area contributed by atoms with Gasteiger partial charge in [0.05, 0.1) is 0 Å². The van der Waals surface area contributed by atoms with Crippen molar-refractivity contribution < 1.29 is 14.7 Å². The third-order valence-corrected chi connectivity index (χ3v) is 3.45. The molecule has 1 amide bonds. The Morgan fingerprint density at radius 2 is 2.18 bits per heavy atom. The number of hydrogen-bond donors (Lipinski definition) is 2. The molecule has 1 rings (SSSR count). The molecule has 0 bridgehead atoms. The van der Waals surface area contributed by atoms with Gasteiger partial charge in [0.15, 0.2) is 0 Å².